The van der Waals surface area contributed by atoms with Crippen LogP contribution < -0.4 is 5.73 Å². The highest BCUT2D eigenvalue weighted by Crippen LogP contribution is 2.30. The lowest BCUT2D eigenvalue weighted by atomic mass is 9.79. The second-order valence-electron chi connectivity index (χ2n) is 6.17. The number of hydrogen-bond donors (Lipinski definition) is 2. The summed E-state index contributed by atoms with van der Waals surface area (Å²) in [6.45, 7) is 3.34. The van der Waals surface area contributed by atoms with Gasteiger partial charge in [-0.1, -0.05) is 13.8 Å². The van der Waals surface area contributed by atoms with Crippen molar-refractivity contribution in [1.29, 1.82) is 0 Å². The zero-order valence-electron chi connectivity index (χ0n) is 13.1. The molecule has 1 rings (SSSR count). The van der Waals surface area contributed by atoms with Gasteiger partial charge in [-0.2, -0.15) is 0 Å². The van der Waals surface area contributed by atoms with Gasteiger partial charge in [0.15, 0.2) is 0 Å². The Morgan fingerprint density at radius 2 is 1.73 bits per heavy atom. The normalized spacial score (nSPS) is 22.9. The largest absolute Gasteiger partial charge is 0.481 e. The summed E-state index contributed by atoms with van der Waals surface area (Å²) in [5.74, 6) is -2.10. The summed E-state index contributed by atoms with van der Waals surface area (Å²) in [7, 11) is 0. The highest BCUT2D eigenvalue weighted by atomic mass is 16.7. The van der Waals surface area contributed by atoms with Crippen LogP contribution in [-0.4, -0.2) is 35.8 Å². The highest BCUT2D eigenvalue weighted by molar-refractivity contribution is 5.76. The molecule has 1 atom stereocenters. The predicted molar refractivity (Wildman–Crippen MR) is 77.6 cm³/mol. The number of aliphatic carboxylic acids is 1. The van der Waals surface area contributed by atoms with Gasteiger partial charge in [0.25, 0.3) is 0 Å². The number of nitrogens with two attached hydrogens (primary N) is 1. The third-order valence-electron chi connectivity index (χ3n) is 3.90. The minimum atomic E-state index is -0.807. The summed E-state index contributed by atoms with van der Waals surface area (Å²) in [4.78, 5) is 34.0. The number of carboxylic acid groups (broad SMARTS) is 1. The second kappa shape index (κ2) is 8.73. The molecule has 0 spiro atoms. The molecule has 0 saturated heterocycles. The molecule has 0 aromatic heterocycles. The van der Waals surface area contributed by atoms with Gasteiger partial charge in [-0.15, -0.1) is 0 Å². The Hall–Kier alpha value is -1.63. The monoisotopic (exact) mass is 315 g/mol. The van der Waals surface area contributed by atoms with Gasteiger partial charge in [0.2, 0.25) is 6.79 Å². The first-order valence-electron chi connectivity index (χ1n) is 7.62. The van der Waals surface area contributed by atoms with Crippen LogP contribution >= 0.6 is 0 Å². The first kappa shape index (κ1) is 18.4. The predicted octanol–water partition coefficient (Wildman–Crippen LogP) is 1.29. The van der Waals surface area contributed by atoms with Gasteiger partial charge in [0, 0.05) is 6.42 Å². The first-order valence-corrected chi connectivity index (χ1v) is 7.62. The molecule has 7 nitrogen and oxygen atoms in total. The Kier molecular flexibility index (Phi) is 7.31. The maximum absolute atomic E-state index is 11.8. The van der Waals surface area contributed by atoms with Gasteiger partial charge >= 0.3 is 17.9 Å². The van der Waals surface area contributed by atoms with Crippen LogP contribution in [0.3, 0.4) is 0 Å². The summed E-state index contributed by atoms with van der Waals surface area (Å²) in [5.41, 5.74) is 5.85. The molecule has 1 unspecified atom stereocenters. The minimum absolute atomic E-state index is 0.0885. The third kappa shape index (κ3) is 6.01. The van der Waals surface area contributed by atoms with Crippen LogP contribution in [0, 0.1) is 17.8 Å². The molecule has 1 saturated carbocycles. The summed E-state index contributed by atoms with van der Waals surface area (Å²) >= 11 is 0. The van der Waals surface area contributed by atoms with Crippen LogP contribution in [0.15, 0.2) is 0 Å². The van der Waals surface area contributed by atoms with Crippen molar-refractivity contribution in [3.05, 3.63) is 0 Å². The zero-order valence-corrected chi connectivity index (χ0v) is 13.1. The zero-order chi connectivity index (χ0) is 16.7. The van der Waals surface area contributed by atoms with E-state index in [9.17, 15) is 14.4 Å². The van der Waals surface area contributed by atoms with Crippen LogP contribution in [0.1, 0.15) is 46.0 Å². The lowest BCUT2D eigenvalue weighted by Crippen LogP contribution is -2.42. The minimum Gasteiger partial charge on any atom is -0.481 e. The van der Waals surface area contributed by atoms with Gasteiger partial charge < -0.3 is 20.3 Å². The van der Waals surface area contributed by atoms with E-state index >= 15 is 0 Å². The van der Waals surface area contributed by atoms with E-state index in [2.05, 4.69) is 0 Å². The molecule has 0 aromatic rings. The van der Waals surface area contributed by atoms with E-state index in [0.29, 0.717) is 25.7 Å². The lowest BCUT2D eigenvalue weighted by molar-refractivity contribution is -0.169. The molecule has 0 heterocycles. The number of carbonyl (C=O) groups excluding carboxylic acids is 2. The van der Waals surface area contributed by atoms with Gasteiger partial charge in [-0.25, -0.2) is 0 Å². The summed E-state index contributed by atoms with van der Waals surface area (Å²) in [6, 6.07) is -0.807. The Labute approximate surface area is 130 Å². The summed E-state index contributed by atoms with van der Waals surface area (Å²) < 4.78 is 9.65. The average molecular weight is 315 g/mol. The third-order valence-corrected chi connectivity index (χ3v) is 3.90. The van der Waals surface area contributed by atoms with Crippen LogP contribution in [0.4, 0.5) is 0 Å². The molecule has 7 heteroatoms. The van der Waals surface area contributed by atoms with E-state index in [1.54, 1.807) is 0 Å². The van der Waals surface area contributed by atoms with Crippen molar-refractivity contribution in [3.8, 4) is 0 Å². The summed E-state index contributed by atoms with van der Waals surface area (Å²) in [5, 5.41) is 8.93. The van der Waals surface area contributed by atoms with E-state index < -0.39 is 30.7 Å². The van der Waals surface area contributed by atoms with Crippen molar-refractivity contribution in [2.24, 2.45) is 23.5 Å². The van der Waals surface area contributed by atoms with Gasteiger partial charge in [0.1, 0.15) is 6.04 Å². The van der Waals surface area contributed by atoms with Gasteiger partial charge in [0.05, 0.1) is 5.92 Å². The number of carbonyl (C=O) groups is 3. The Balaban J connectivity index is 2.28. The fourth-order valence-electron chi connectivity index (χ4n) is 2.56. The quantitative estimate of drug-likeness (QED) is 0.537. The number of hydrogen-bond acceptors (Lipinski definition) is 6. The molecular weight excluding hydrogens is 290 g/mol. The van der Waals surface area contributed by atoms with E-state index in [1.807, 2.05) is 13.8 Å². The van der Waals surface area contributed by atoms with Gasteiger partial charge in [-0.05, 0) is 37.5 Å². The van der Waals surface area contributed by atoms with Crippen LogP contribution in [0.2, 0.25) is 0 Å². The smallest absolute Gasteiger partial charge is 0.326 e. The van der Waals surface area contributed by atoms with E-state index in [4.69, 9.17) is 20.3 Å². The highest BCUT2D eigenvalue weighted by Gasteiger charge is 2.32. The molecule has 1 aliphatic carbocycles. The van der Waals surface area contributed by atoms with Crippen LogP contribution in [0.25, 0.3) is 0 Å². The van der Waals surface area contributed by atoms with Crippen molar-refractivity contribution < 1.29 is 29.0 Å². The van der Waals surface area contributed by atoms with Crippen LogP contribution in [0.5, 0.6) is 0 Å². The van der Waals surface area contributed by atoms with E-state index in [-0.39, 0.29) is 24.2 Å². The Morgan fingerprint density at radius 3 is 2.23 bits per heavy atom. The fraction of sp³-hybridized carbons (Fsp3) is 0.800. The molecule has 22 heavy (non-hydrogen) atoms. The SMILES string of the molecule is CC(C)CC(=O)OCOC(=O)C(N)C1CCC(C(=O)O)CC1. The number of esters is 2. The maximum atomic E-state index is 11.8. The standard InChI is InChI=1S/C15H25NO6/c1-9(2)7-12(17)21-8-22-15(20)13(16)10-3-5-11(6-4-10)14(18)19/h9-11,13H,3-8,16H2,1-2H3,(H,18,19). The van der Waals surface area contributed by atoms with Crippen molar-refractivity contribution >= 4 is 17.9 Å². The molecule has 0 radical (unpaired) electrons. The molecule has 0 bridgehead atoms. The molecule has 0 amide bonds. The molecule has 1 fully saturated rings. The second-order valence-corrected chi connectivity index (χ2v) is 6.17. The Morgan fingerprint density at radius 1 is 1.14 bits per heavy atom. The van der Waals surface area contributed by atoms with E-state index in [1.165, 1.54) is 0 Å². The van der Waals surface area contributed by atoms with Crippen molar-refractivity contribution in [1.82, 2.24) is 0 Å². The molecular formula is C15H25NO6. The molecule has 126 valence electrons. The lowest BCUT2D eigenvalue weighted by Gasteiger charge is -2.29. The first-order chi connectivity index (χ1) is 10.3. The van der Waals surface area contributed by atoms with Gasteiger partial charge in [-0.3, -0.25) is 14.4 Å². The van der Waals surface area contributed by atoms with E-state index in [0.717, 1.165) is 0 Å². The maximum Gasteiger partial charge on any atom is 0.326 e. The Bertz CT molecular complexity index is 401. The summed E-state index contributed by atoms with van der Waals surface area (Å²) in [6.07, 6.45) is 2.47. The molecule has 3 N–H and O–H groups in total. The number of rotatable bonds is 7. The molecule has 1 aliphatic rings. The molecule has 0 aromatic carbocycles. The number of carboxylic acids is 1. The van der Waals surface area contributed by atoms with Crippen LogP contribution in [-0.2, 0) is 23.9 Å². The van der Waals surface area contributed by atoms with Crippen molar-refractivity contribution in [3.63, 3.8) is 0 Å². The molecule has 0 aliphatic heterocycles. The topological polar surface area (TPSA) is 116 Å². The number of ether oxygens (including phenoxy) is 2. The fourth-order valence-corrected chi connectivity index (χ4v) is 2.56. The van der Waals surface area contributed by atoms with Crippen molar-refractivity contribution in [2.45, 2.75) is 52.0 Å². The van der Waals surface area contributed by atoms with Crippen molar-refractivity contribution in [2.75, 3.05) is 6.79 Å². The average Bonchev–Trinajstić information content (AvgIpc) is 2.45.